The quantitative estimate of drug-likeness (QED) is 0.0355. The molecule has 1 amide bonds. The van der Waals surface area contributed by atoms with E-state index in [-0.39, 0.29) is 61.9 Å². The zero-order valence-corrected chi connectivity index (χ0v) is 66.9. The van der Waals surface area contributed by atoms with E-state index in [4.69, 9.17) is 10.5 Å². The average molecular weight is 1400 g/mol. The number of ether oxygens (including phenoxy) is 1. The maximum Gasteiger partial charge on any atom is 0.282 e. The predicted molar refractivity (Wildman–Crippen MR) is 377 cm³/mol. The Hall–Kier alpha value is 0.0700. The van der Waals surface area contributed by atoms with Crippen molar-refractivity contribution in [2.24, 2.45) is 22.5 Å². The summed E-state index contributed by atoms with van der Waals surface area (Å²) in [5.41, 5.74) is 2.56. The Bertz CT molecular complexity index is 2340. The van der Waals surface area contributed by atoms with Gasteiger partial charge in [-0.1, -0.05) is 99.9 Å². The minimum atomic E-state index is -3.78. The first kappa shape index (κ1) is 94.5. The van der Waals surface area contributed by atoms with Gasteiger partial charge < -0.3 is 46.4 Å². The Morgan fingerprint density at radius 3 is 1.15 bits per heavy atom. The van der Waals surface area contributed by atoms with Crippen LogP contribution in [0.3, 0.4) is 0 Å². The highest BCUT2D eigenvalue weighted by atomic mass is 32.2. The Morgan fingerprint density at radius 2 is 0.898 bits per heavy atom. The molecule has 8 N–H and O–H groups in total. The Kier molecular flexibility index (Phi) is 43.6. The average Bonchev–Trinajstić information content (AvgIpc) is 3.10. The summed E-state index contributed by atoms with van der Waals surface area (Å²) in [6.45, 7) is 38.7. The Labute approximate surface area is 547 Å². The molecule has 9 unspecified atom stereocenters. The first-order chi connectivity index (χ1) is 39.3. The normalized spacial score (nSPS) is 17.9. The van der Waals surface area contributed by atoms with Gasteiger partial charge in [-0.05, 0) is 122 Å². The number of nitrogens with zero attached hydrogens (tertiary/aromatic N) is 9. The van der Waals surface area contributed by atoms with Gasteiger partial charge in [0.15, 0.2) is 0 Å². The number of Topliss-reactive ketones (excluding diaryl/α,β-unsaturated/α-hetero) is 1. The standard InChI is InChI=1S/C23H47N3O5S.C11H29N3O3P2S.C11H27N3O3S.C7H18N2O.C4H11NOP2/c1-13-22(7,8)26(12)32(30,31)25(11)15-19(28)17(4)24-20(29)23(9,10)21(5,6)14-18(27)16(2)3;1-7-11(3,4)13(6)20(16,17)12(5)8-10(15)9(2)14(18)19;1-7-11(3,4)14(6)18(16,17)13(5)8-10(15)9(2)12;1-6(9(3)4)7(10)5-8-2;1-3(5(7)8)4-2-6-4/h16-17,19,28H,13-15H2,1-12H3,(H,24,29);9-10,15H,7-8,18-19H2,1-6H3;9-10,15H,7-8,12H2,1-6H3;6-8,10H,5H2,1-4H3;3-4H,2,7-8H2,1H3/t17-,19?;2*9-,10?;6-,7?;3-,4?/m00000/s1. The summed E-state index contributed by atoms with van der Waals surface area (Å²) >= 11 is 0. The largest absolute Gasteiger partial charge is 0.390 e. The van der Waals surface area contributed by atoms with Gasteiger partial charge >= 0.3 is 0 Å². The fraction of sp³-hybridized carbons (Fsp3) is 0.964. The van der Waals surface area contributed by atoms with Crippen molar-refractivity contribution in [1.29, 1.82) is 0 Å². The lowest BCUT2D eigenvalue weighted by atomic mass is 9.64. The minimum absolute atomic E-state index is 0.00979. The molecule has 14 atom stereocenters. The van der Waals surface area contributed by atoms with Crippen LogP contribution in [0.4, 0.5) is 0 Å². The Morgan fingerprint density at radius 1 is 0.568 bits per heavy atom. The van der Waals surface area contributed by atoms with Crippen LogP contribution in [0.15, 0.2) is 0 Å². The number of aliphatic hydroxyl groups excluding tert-OH is 4. The van der Waals surface area contributed by atoms with Crippen LogP contribution in [0.5, 0.6) is 0 Å². The molecule has 0 saturated carbocycles. The van der Waals surface area contributed by atoms with Crippen molar-refractivity contribution in [2.45, 2.75) is 242 Å². The summed E-state index contributed by atoms with van der Waals surface area (Å²) < 4.78 is 91.5. The van der Waals surface area contributed by atoms with Crippen molar-refractivity contribution in [1.82, 2.24) is 50.2 Å². The number of carbonyl (C=O) groups is 2. The maximum atomic E-state index is 13.1. The molecule has 0 bridgehead atoms. The second-order valence-electron chi connectivity index (χ2n) is 27.0. The summed E-state index contributed by atoms with van der Waals surface area (Å²) in [7, 11) is 13.9. The fourth-order valence-corrected chi connectivity index (χ4v) is 12.2. The molecule has 0 aliphatic carbocycles. The number of ketones is 1. The van der Waals surface area contributed by atoms with Gasteiger partial charge in [-0.25, -0.2) is 0 Å². The molecular weight excluding hydrogens is 1270 g/mol. The molecule has 532 valence electrons. The van der Waals surface area contributed by atoms with Crippen molar-refractivity contribution in [2.75, 3.05) is 96.2 Å². The van der Waals surface area contributed by atoms with E-state index in [0.717, 1.165) is 15.2 Å². The number of nitrogens with two attached hydrogens (primary N) is 1. The van der Waals surface area contributed by atoms with Crippen molar-refractivity contribution in [3.8, 4) is 0 Å². The zero-order chi connectivity index (χ0) is 71.2. The number of nitrogens with one attached hydrogen (secondary N) is 2. The molecule has 1 aliphatic heterocycles. The van der Waals surface area contributed by atoms with E-state index < -0.39 is 88.5 Å². The molecule has 0 spiro atoms. The van der Waals surface area contributed by atoms with Crippen LogP contribution >= 0.6 is 37.6 Å². The highest BCUT2D eigenvalue weighted by Crippen LogP contribution is 2.42. The molecular formula is C56H132N12O13P4S3. The van der Waals surface area contributed by atoms with Crippen LogP contribution in [0, 0.1) is 16.7 Å². The molecule has 1 heterocycles. The molecule has 25 nitrogen and oxygen atoms in total. The summed E-state index contributed by atoms with van der Waals surface area (Å²) in [6.07, 6.45) is -0.241. The lowest BCUT2D eigenvalue weighted by molar-refractivity contribution is -0.139. The van der Waals surface area contributed by atoms with Crippen LogP contribution in [0.2, 0.25) is 0 Å². The third-order valence-electron chi connectivity index (χ3n) is 17.9. The number of rotatable bonds is 34. The van der Waals surface area contributed by atoms with E-state index in [0.29, 0.717) is 38.0 Å². The van der Waals surface area contributed by atoms with Gasteiger partial charge in [0.2, 0.25) is 5.91 Å². The van der Waals surface area contributed by atoms with Gasteiger partial charge in [-0.15, -0.1) is 0 Å². The predicted octanol–water partition coefficient (Wildman–Crippen LogP) is 3.90. The summed E-state index contributed by atoms with van der Waals surface area (Å²) in [4.78, 5) is 27.3. The molecule has 0 aromatic heterocycles. The number of carbonyl (C=O) groups excluding carboxylic acids is 2. The van der Waals surface area contributed by atoms with E-state index in [9.17, 15) is 55.3 Å². The topological polar surface area (TPSA) is 309 Å². The zero-order valence-electron chi connectivity index (χ0n) is 59.8. The van der Waals surface area contributed by atoms with Crippen LogP contribution < -0.4 is 16.4 Å². The highest BCUT2D eigenvalue weighted by molar-refractivity contribution is 7.87. The smallest absolute Gasteiger partial charge is 0.282 e. The number of amides is 1. The second kappa shape index (κ2) is 40.6. The first-order valence-electron chi connectivity index (χ1n) is 30.2. The maximum absolute atomic E-state index is 13.1. The van der Waals surface area contributed by atoms with Crippen LogP contribution in [-0.4, -0.2) is 271 Å². The summed E-state index contributed by atoms with van der Waals surface area (Å²) in [5, 5.41) is 45.5. The molecule has 32 heteroatoms. The van der Waals surface area contributed by atoms with Gasteiger partial charge in [-0.2, -0.15) is 51.1 Å². The lowest BCUT2D eigenvalue weighted by Gasteiger charge is -2.41. The van der Waals surface area contributed by atoms with Gasteiger partial charge in [0, 0.05) is 127 Å². The van der Waals surface area contributed by atoms with E-state index >= 15 is 0 Å². The molecule has 1 aliphatic rings. The lowest BCUT2D eigenvalue weighted by Crippen LogP contribution is -2.55. The summed E-state index contributed by atoms with van der Waals surface area (Å²) in [5.74, 6) is -0.308. The fourth-order valence-electron chi connectivity index (χ4n) is 6.88. The molecule has 0 aromatic carbocycles. The molecule has 1 fully saturated rings. The number of hydrogen-bond acceptors (Lipinski definition) is 18. The Balaban J connectivity index is -0.000000542. The monoisotopic (exact) mass is 1400 g/mol. The molecule has 1 saturated heterocycles. The minimum Gasteiger partial charge on any atom is -0.390 e. The molecule has 1 rings (SSSR count). The summed E-state index contributed by atoms with van der Waals surface area (Å²) in [6, 6.07) is -0.600. The van der Waals surface area contributed by atoms with E-state index in [1.54, 1.807) is 46.2 Å². The van der Waals surface area contributed by atoms with Crippen LogP contribution in [0.25, 0.3) is 0 Å². The van der Waals surface area contributed by atoms with E-state index in [2.05, 4.69) is 55.1 Å². The van der Waals surface area contributed by atoms with E-state index in [1.165, 1.54) is 45.4 Å². The van der Waals surface area contributed by atoms with Gasteiger partial charge in [0.1, 0.15) is 5.78 Å². The van der Waals surface area contributed by atoms with Crippen molar-refractivity contribution in [3.63, 3.8) is 0 Å². The van der Waals surface area contributed by atoms with Crippen molar-refractivity contribution >= 4 is 79.9 Å². The molecule has 0 aromatic rings. The van der Waals surface area contributed by atoms with Crippen molar-refractivity contribution < 1.29 is 60.0 Å². The number of epoxide rings is 1. The highest BCUT2D eigenvalue weighted by Gasteiger charge is 2.46. The first-order valence-corrected chi connectivity index (χ1v) is 36.5. The van der Waals surface area contributed by atoms with Crippen LogP contribution in [0.1, 0.15) is 164 Å². The van der Waals surface area contributed by atoms with Gasteiger partial charge in [-0.3, -0.25) is 18.5 Å². The second-order valence-corrected chi connectivity index (χ2v) is 36.7. The third-order valence-corrected chi connectivity index (χ3v) is 26.2. The number of likely N-dealkylation sites (N-methyl/N-ethyl adjacent to an activating group) is 5. The van der Waals surface area contributed by atoms with Crippen LogP contribution in [-0.2, 0) is 45.0 Å². The van der Waals surface area contributed by atoms with E-state index in [1.807, 2.05) is 134 Å². The van der Waals surface area contributed by atoms with Crippen molar-refractivity contribution in [3.05, 3.63) is 0 Å². The molecule has 0 radical (unpaired) electrons. The molecule has 88 heavy (non-hydrogen) atoms. The van der Waals surface area contributed by atoms with Gasteiger partial charge in [0.25, 0.3) is 30.6 Å². The van der Waals surface area contributed by atoms with Gasteiger partial charge in [0.05, 0.1) is 43.2 Å². The number of aliphatic hydroxyl groups is 4. The number of hydrogen-bond donors (Lipinski definition) is 7. The third kappa shape index (κ3) is 31.3. The SMILES string of the molecule is CCC(C)(C)N(C)S(=O)(=O)N(C)CC(O)[C@H](C)N.CCC(C)(C)N(C)S(=O)(=O)N(C)CC(O)[C@H](C)N(P)P.CCC(C)(C)N(C)S(=O)(=O)N(C)CC(O)[C@H](C)NC(=O)C(C)(C)C(C)(C)CC(=O)C(C)C.CNCC(O)[C@H](C)N(C)C.C[C@@H](C1CO1)N(P)P.